The number of hydrogen-bond donors (Lipinski definition) is 2. The van der Waals surface area contributed by atoms with Crippen molar-refractivity contribution >= 4 is 17.2 Å². The summed E-state index contributed by atoms with van der Waals surface area (Å²) in [5, 5.41) is 14.5. The zero-order valence-electron chi connectivity index (χ0n) is 11.7. The monoisotopic (exact) mass is 281 g/mol. The Morgan fingerprint density at radius 1 is 1.63 bits per heavy atom. The fraction of sp³-hybridized carbons (Fsp3) is 0.667. The molecule has 3 nitrogen and oxygen atoms in total. The summed E-state index contributed by atoms with van der Waals surface area (Å²) in [6.45, 7) is 4.65. The van der Waals surface area contributed by atoms with Crippen LogP contribution in [-0.2, 0) is 12.8 Å². The number of aliphatic hydroxyl groups excluding tert-OH is 1. The summed E-state index contributed by atoms with van der Waals surface area (Å²) in [6.07, 6.45) is 4.53. The highest BCUT2D eigenvalue weighted by Gasteiger charge is 2.23. The molecule has 1 aromatic rings. The molecule has 106 valence electrons. The molecule has 1 amide bonds. The number of carbonyl (C=O) groups is 1. The fourth-order valence-corrected chi connectivity index (χ4v) is 3.85. The van der Waals surface area contributed by atoms with Gasteiger partial charge in [-0.15, -0.1) is 11.3 Å². The highest BCUT2D eigenvalue weighted by molar-refractivity contribution is 7.10. The third kappa shape index (κ3) is 3.57. The molecule has 1 aliphatic rings. The Bertz CT molecular complexity index is 441. The average molecular weight is 281 g/mol. The van der Waals surface area contributed by atoms with Crippen LogP contribution in [0.1, 0.15) is 53.9 Å². The Morgan fingerprint density at radius 3 is 3.16 bits per heavy atom. The van der Waals surface area contributed by atoms with E-state index in [-0.39, 0.29) is 5.91 Å². The van der Waals surface area contributed by atoms with E-state index in [1.165, 1.54) is 16.9 Å². The highest BCUT2D eigenvalue weighted by Crippen LogP contribution is 2.32. The molecular formula is C15H23NO2S. The molecule has 2 rings (SSSR count). The molecule has 0 aliphatic heterocycles. The summed E-state index contributed by atoms with van der Waals surface area (Å²) in [5.41, 5.74) is 2.07. The van der Waals surface area contributed by atoms with Crippen LogP contribution in [0.2, 0.25) is 0 Å². The van der Waals surface area contributed by atoms with Crippen molar-refractivity contribution in [2.45, 2.75) is 52.1 Å². The highest BCUT2D eigenvalue weighted by atomic mass is 32.1. The largest absolute Gasteiger partial charge is 0.391 e. The van der Waals surface area contributed by atoms with Gasteiger partial charge < -0.3 is 10.4 Å². The maximum Gasteiger partial charge on any atom is 0.252 e. The van der Waals surface area contributed by atoms with Crippen molar-refractivity contribution in [1.82, 2.24) is 5.32 Å². The van der Waals surface area contributed by atoms with Crippen molar-refractivity contribution in [3.63, 3.8) is 0 Å². The average Bonchev–Trinajstić information content (AvgIpc) is 2.79. The van der Waals surface area contributed by atoms with Gasteiger partial charge in [-0.05, 0) is 37.2 Å². The molecule has 0 saturated carbocycles. The quantitative estimate of drug-likeness (QED) is 0.872. The standard InChI is InChI=1S/C15H23NO2S/c1-3-4-11(17)8-16-15(18)13-9-19-14-7-10(2)5-6-12(13)14/h9-11,17H,3-8H2,1-2H3,(H,16,18). The van der Waals surface area contributed by atoms with Crippen LogP contribution >= 0.6 is 11.3 Å². The minimum atomic E-state index is -0.427. The molecule has 1 heterocycles. The number of thiophene rings is 1. The van der Waals surface area contributed by atoms with E-state index in [1.807, 2.05) is 12.3 Å². The van der Waals surface area contributed by atoms with E-state index in [9.17, 15) is 9.90 Å². The van der Waals surface area contributed by atoms with Gasteiger partial charge in [0.05, 0.1) is 11.7 Å². The lowest BCUT2D eigenvalue weighted by Crippen LogP contribution is -2.32. The summed E-state index contributed by atoms with van der Waals surface area (Å²) in [5.74, 6) is 0.704. The van der Waals surface area contributed by atoms with Crippen molar-refractivity contribution in [3.05, 3.63) is 21.4 Å². The van der Waals surface area contributed by atoms with Crippen LogP contribution in [0.4, 0.5) is 0 Å². The van der Waals surface area contributed by atoms with E-state index in [0.29, 0.717) is 6.54 Å². The molecule has 4 heteroatoms. The molecule has 1 aliphatic carbocycles. The lowest BCUT2D eigenvalue weighted by Gasteiger charge is -2.19. The first kappa shape index (κ1) is 14.5. The SMILES string of the molecule is CCCC(O)CNC(=O)c1csc2c1CCC(C)C2. The van der Waals surface area contributed by atoms with Gasteiger partial charge in [0.2, 0.25) is 0 Å². The van der Waals surface area contributed by atoms with Crippen molar-refractivity contribution < 1.29 is 9.90 Å². The predicted molar refractivity (Wildman–Crippen MR) is 78.8 cm³/mol. The number of carbonyl (C=O) groups excluding carboxylic acids is 1. The first-order valence-corrected chi connectivity index (χ1v) is 8.05. The number of fused-ring (bicyclic) bond motifs is 1. The van der Waals surface area contributed by atoms with Crippen molar-refractivity contribution in [2.24, 2.45) is 5.92 Å². The molecule has 0 radical (unpaired) electrons. The maximum absolute atomic E-state index is 12.2. The van der Waals surface area contributed by atoms with Gasteiger partial charge in [0.25, 0.3) is 5.91 Å². The van der Waals surface area contributed by atoms with Crippen LogP contribution in [0.5, 0.6) is 0 Å². The van der Waals surface area contributed by atoms with Gasteiger partial charge >= 0.3 is 0 Å². The van der Waals surface area contributed by atoms with E-state index in [4.69, 9.17) is 0 Å². The van der Waals surface area contributed by atoms with Gasteiger partial charge in [-0.25, -0.2) is 0 Å². The summed E-state index contributed by atoms with van der Waals surface area (Å²) >= 11 is 1.71. The summed E-state index contributed by atoms with van der Waals surface area (Å²) in [4.78, 5) is 13.5. The lowest BCUT2D eigenvalue weighted by molar-refractivity contribution is 0.0909. The Morgan fingerprint density at radius 2 is 2.42 bits per heavy atom. The number of nitrogens with one attached hydrogen (secondary N) is 1. The molecule has 0 bridgehead atoms. The third-order valence-corrected chi connectivity index (χ3v) is 4.82. The van der Waals surface area contributed by atoms with Crippen molar-refractivity contribution in [3.8, 4) is 0 Å². The molecule has 0 fully saturated rings. The zero-order valence-corrected chi connectivity index (χ0v) is 12.6. The first-order valence-electron chi connectivity index (χ1n) is 7.17. The topological polar surface area (TPSA) is 49.3 Å². The van der Waals surface area contributed by atoms with Gasteiger partial charge in [-0.1, -0.05) is 20.3 Å². The maximum atomic E-state index is 12.2. The number of amides is 1. The second-order valence-corrected chi connectivity index (χ2v) is 6.52. The minimum Gasteiger partial charge on any atom is -0.391 e. The van der Waals surface area contributed by atoms with E-state index in [1.54, 1.807) is 11.3 Å². The second-order valence-electron chi connectivity index (χ2n) is 5.55. The molecule has 19 heavy (non-hydrogen) atoms. The fourth-order valence-electron chi connectivity index (χ4n) is 2.61. The van der Waals surface area contributed by atoms with E-state index in [2.05, 4.69) is 12.2 Å². The van der Waals surface area contributed by atoms with E-state index < -0.39 is 6.10 Å². The van der Waals surface area contributed by atoms with E-state index in [0.717, 1.165) is 37.2 Å². The van der Waals surface area contributed by atoms with Crippen LogP contribution in [0, 0.1) is 5.92 Å². The molecule has 2 atom stereocenters. The van der Waals surface area contributed by atoms with E-state index >= 15 is 0 Å². The normalized spacial score (nSPS) is 19.8. The van der Waals surface area contributed by atoms with Gasteiger partial charge in [-0.2, -0.15) is 0 Å². The molecule has 0 spiro atoms. The number of hydrogen-bond acceptors (Lipinski definition) is 3. The minimum absolute atomic E-state index is 0.0257. The first-order chi connectivity index (χ1) is 9.11. The number of aliphatic hydroxyl groups is 1. The molecular weight excluding hydrogens is 258 g/mol. The Labute approximate surface area is 119 Å². The lowest BCUT2D eigenvalue weighted by atomic mass is 9.88. The van der Waals surface area contributed by atoms with Crippen LogP contribution in [0.15, 0.2) is 5.38 Å². The smallest absolute Gasteiger partial charge is 0.252 e. The zero-order chi connectivity index (χ0) is 13.8. The van der Waals surface area contributed by atoms with Crippen LogP contribution in [0.3, 0.4) is 0 Å². The molecule has 2 unspecified atom stereocenters. The van der Waals surface area contributed by atoms with Gasteiger partial charge in [0, 0.05) is 16.8 Å². The Balaban J connectivity index is 1.97. The molecule has 0 aromatic carbocycles. The predicted octanol–water partition coefficient (Wildman–Crippen LogP) is 2.76. The van der Waals surface area contributed by atoms with Crippen LogP contribution in [0.25, 0.3) is 0 Å². The van der Waals surface area contributed by atoms with Crippen molar-refractivity contribution in [1.29, 1.82) is 0 Å². The Hall–Kier alpha value is -0.870. The van der Waals surface area contributed by atoms with Crippen molar-refractivity contribution in [2.75, 3.05) is 6.54 Å². The summed E-state index contributed by atoms with van der Waals surface area (Å²) < 4.78 is 0. The molecule has 1 aromatic heterocycles. The number of rotatable bonds is 5. The van der Waals surface area contributed by atoms with Crippen LogP contribution in [-0.4, -0.2) is 23.7 Å². The summed E-state index contributed by atoms with van der Waals surface area (Å²) in [6, 6.07) is 0. The van der Waals surface area contributed by atoms with Gasteiger partial charge in [0.1, 0.15) is 0 Å². The second kappa shape index (κ2) is 6.53. The van der Waals surface area contributed by atoms with Gasteiger partial charge in [-0.3, -0.25) is 4.79 Å². The molecule has 0 saturated heterocycles. The summed E-state index contributed by atoms with van der Waals surface area (Å²) in [7, 11) is 0. The van der Waals surface area contributed by atoms with Crippen LogP contribution < -0.4 is 5.32 Å². The molecule has 2 N–H and O–H groups in total. The van der Waals surface area contributed by atoms with Gasteiger partial charge in [0.15, 0.2) is 0 Å². The Kier molecular flexibility index (Phi) is 4.99. The third-order valence-electron chi connectivity index (χ3n) is 3.77.